The van der Waals surface area contributed by atoms with Gasteiger partial charge in [0, 0.05) is 30.2 Å². The van der Waals surface area contributed by atoms with Crippen molar-refractivity contribution < 1.29 is 14.6 Å². The Morgan fingerprint density at radius 1 is 1.10 bits per heavy atom. The van der Waals surface area contributed by atoms with Crippen molar-refractivity contribution in [3.05, 3.63) is 65.1 Å². The minimum Gasteiger partial charge on any atom is -0.497 e. The number of ether oxygens (including phenoxy) is 2. The van der Waals surface area contributed by atoms with Crippen molar-refractivity contribution in [1.82, 2.24) is 9.55 Å². The number of aliphatic hydroxyl groups is 1. The minimum absolute atomic E-state index is 0.0193. The molecule has 0 saturated heterocycles. The van der Waals surface area contributed by atoms with E-state index < -0.39 is 0 Å². The zero-order valence-corrected chi connectivity index (χ0v) is 18.4. The lowest BCUT2D eigenvalue weighted by molar-refractivity contribution is 0.279. The second-order valence-corrected chi connectivity index (χ2v) is 8.19. The van der Waals surface area contributed by atoms with Crippen molar-refractivity contribution in [3.63, 3.8) is 0 Å². The summed E-state index contributed by atoms with van der Waals surface area (Å²) >= 11 is 1.65. The number of benzene rings is 1. The summed E-state index contributed by atoms with van der Waals surface area (Å²) in [5, 5.41) is 11.2. The van der Waals surface area contributed by atoms with Crippen molar-refractivity contribution in [2.45, 2.75) is 49.8 Å². The summed E-state index contributed by atoms with van der Waals surface area (Å²) in [5.41, 5.74) is 4.42. The van der Waals surface area contributed by atoms with E-state index in [-0.39, 0.29) is 12.5 Å². The number of pyridine rings is 1. The van der Waals surface area contributed by atoms with E-state index in [1.165, 1.54) is 5.56 Å². The molecule has 6 heteroatoms. The van der Waals surface area contributed by atoms with Crippen LogP contribution in [0.4, 0.5) is 0 Å². The quantitative estimate of drug-likeness (QED) is 0.563. The zero-order valence-electron chi connectivity index (χ0n) is 17.6. The molecule has 1 aromatic carbocycles. The van der Waals surface area contributed by atoms with Crippen LogP contribution >= 0.6 is 11.8 Å². The van der Waals surface area contributed by atoms with Gasteiger partial charge in [-0.05, 0) is 54.3 Å². The highest BCUT2D eigenvalue weighted by molar-refractivity contribution is 7.99. The van der Waals surface area contributed by atoms with Gasteiger partial charge in [-0.2, -0.15) is 0 Å². The largest absolute Gasteiger partial charge is 0.497 e. The average Bonchev–Trinajstić information content (AvgIpc) is 2.99. The summed E-state index contributed by atoms with van der Waals surface area (Å²) in [6.07, 6.45) is 3.62. The number of rotatable bonds is 8. The van der Waals surface area contributed by atoms with Gasteiger partial charge in [-0.1, -0.05) is 25.6 Å². The molecule has 0 aliphatic heterocycles. The molecule has 2 heterocycles. The Morgan fingerprint density at radius 2 is 1.83 bits per heavy atom. The van der Waals surface area contributed by atoms with Gasteiger partial charge in [0.1, 0.15) is 11.5 Å². The Kier molecular flexibility index (Phi) is 6.87. The summed E-state index contributed by atoms with van der Waals surface area (Å²) in [4.78, 5) is 5.10. The third-order valence-electron chi connectivity index (χ3n) is 5.05. The molecule has 1 N–H and O–H groups in total. The number of aliphatic hydroxyl groups excluding tert-OH is 1. The van der Waals surface area contributed by atoms with Crippen molar-refractivity contribution >= 4 is 11.8 Å². The molecule has 0 saturated carbocycles. The monoisotopic (exact) mass is 412 g/mol. The highest BCUT2D eigenvalue weighted by atomic mass is 32.2. The van der Waals surface area contributed by atoms with Gasteiger partial charge in [0.15, 0.2) is 0 Å². The van der Waals surface area contributed by atoms with Gasteiger partial charge >= 0.3 is 0 Å². The predicted octanol–water partition coefficient (Wildman–Crippen LogP) is 5.02. The average molecular weight is 413 g/mol. The van der Waals surface area contributed by atoms with Gasteiger partial charge < -0.3 is 19.1 Å². The van der Waals surface area contributed by atoms with E-state index in [1.54, 1.807) is 26.0 Å². The topological polar surface area (TPSA) is 56.5 Å². The summed E-state index contributed by atoms with van der Waals surface area (Å²) < 4.78 is 13.3. The zero-order chi connectivity index (χ0) is 21.0. The van der Waals surface area contributed by atoms with Crippen molar-refractivity contribution in [2.24, 2.45) is 0 Å². The maximum atomic E-state index is 10.1. The third-order valence-corrected chi connectivity index (χ3v) is 6.22. The standard InChI is InChI=1S/C23H28N2O3S/c1-15(2)22-19(14-26)16(3)25(13-17-8-10-24-11-9-17)23(22)29-21-12-18(27-4)6-7-20(21)28-5/h6-12,15,26H,13-14H2,1-5H3. The highest BCUT2D eigenvalue weighted by Gasteiger charge is 2.24. The Hall–Kier alpha value is -2.44. The molecule has 3 aromatic rings. The van der Waals surface area contributed by atoms with Gasteiger partial charge in [0.25, 0.3) is 0 Å². The van der Waals surface area contributed by atoms with E-state index in [1.807, 2.05) is 42.7 Å². The molecule has 0 spiro atoms. The molecule has 0 amide bonds. The van der Waals surface area contributed by atoms with Crippen molar-refractivity contribution in [1.29, 1.82) is 0 Å². The van der Waals surface area contributed by atoms with Crippen molar-refractivity contribution in [2.75, 3.05) is 14.2 Å². The summed E-state index contributed by atoms with van der Waals surface area (Å²) in [6.45, 7) is 7.13. The van der Waals surface area contributed by atoms with E-state index in [4.69, 9.17) is 9.47 Å². The van der Waals surface area contributed by atoms with E-state index >= 15 is 0 Å². The Bertz CT molecular complexity index is 968. The van der Waals surface area contributed by atoms with E-state index in [9.17, 15) is 5.11 Å². The lowest BCUT2D eigenvalue weighted by Crippen LogP contribution is -2.04. The van der Waals surface area contributed by atoms with Crippen LogP contribution in [0.2, 0.25) is 0 Å². The van der Waals surface area contributed by atoms with Crippen LogP contribution in [0.3, 0.4) is 0 Å². The maximum Gasteiger partial charge on any atom is 0.133 e. The number of nitrogens with zero attached hydrogens (tertiary/aromatic N) is 2. The number of methoxy groups -OCH3 is 2. The molecule has 2 aromatic heterocycles. The van der Waals surface area contributed by atoms with Crippen LogP contribution < -0.4 is 9.47 Å². The first-order valence-corrected chi connectivity index (χ1v) is 10.4. The molecule has 0 bridgehead atoms. The molecule has 29 heavy (non-hydrogen) atoms. The predicted molar refractivity (Wildman–Crippen MR) is 116 cm³/mol. The minimum atomic E-state index is 0.0193. The molecule has 0 fully saturated rings. The molecular weight excluding hydrogens is 384 g/mol. The van der Waals surface area contributed by atoms with Gasteiger partial charge in [-0.15, -0.1) is 0 Å². The third kappa shape index (κ3) is 4.43. The summed E-state index contributed by atoms with van der Waals surface area (Å²) in [7, 11) is 3.34. The maximum absolute atomic E-state index is 10.1. The number of aromatic nitrogens is 2. The normalized spacial score (nSPS) is 11.1. The van der Waals surface area contributed by atoms with E-state index in [0.717, 1.165) is 38.2 Å². The van der Waals surface area contributed by atoms with Gasteiger partial charge in [-0.25, -0.2) is 0 Å². The van der Waals surface area contributed by atoms with Crippen LogP contribution in [-0.2, 0) is 13.2 Å². The molecule has 0 aliphatic carbocycles. The lowest BCUT2D eigenvalue weighted by atomic mass is 10.0. The van der Waals surface area contributed by atoms with Crippen LogP contribution in [0.25, 0.3) is 0 Å². The SMILES string of the molecule is COc1ccc(OC)c(Sc2c(C(C)C)c(CO)c(C)n2Cc2ccncc2)c1. The molecule has 0 aliphatic rings. The molecule has 0 unspecified atom stereocenters. The van der Waals surface area contributed by atoms with E-state index in [0.29, 0.717) is 6.54 Å². The fraction of sp³-hybridized carbons (Fsp3) is 0.348. The molecule has 5 nitrogen and oxygen atoms in total. The van der Waals surface area contributed by atoms with Crippen LogP contribution in [0.1, 0.15) is 42.1 Å². The number of hydrogen-bond donors (Lipinski definition) is 1. The van der Waals surface area contributed by atoms with Crippen LogP contribution in [0.15, 0.2) is 52.6 Å². The van der Waals surface area contributed by atoms with Crippen LogP contribution in [0, 0.1) is 6.92 Å². The fourth-order valence-corrected chi connectivity index (χ4v) is 4.93. The fourth-order valence-electron chi connectivity index (χ4n) is 3.52. The molecule has 154 valence electrons. The molecular formula is C23H28N2O3S. The van der Waals surface area contributed by atoms with Crippen LogP contribution in [-0.4, -0.2) is 28.9 Å². The Labute approximate surface area is 176 Å². The molecule has 3 rings (SSSR count). The first-order chi connectivity index (χ1) is 14.0. The number of hydrogen-bond acceptors (Lipinski definition) is 5. The first kappa shape index (κ1) is 21.3. The Morgan fingerprint density at radius 3 is 2.41 bits per heavy atom. The molecule has 0 radical (unpaired) electrons. The molecule has 0 atom stereocenters. The second-order valence-electron chi connectivity index (χ2n) is 7.16. The summed E-state index contributed by atoms with van der Waals surface area (Å²) in [5.74, 6) is 1.85. The lowest BCUT2D eigenvalue weighted by Gasteiger charge is -2.16. The first-order valence-electron chi connectivity index (χ1n) is 9.61. The van der Waals surface area contributed by atoms with E-state index in [2.05, 4.69) is 30.3 Å². The van der Waals surface area contributed by atoms with Gasteiger partial charge in [0.05, 0.1) is 30.7 Å². The smallest absolute Gasteiger partial charge is 0.133 e. The Balaban J connectivity index is 2.16. The summed E-state index contributed by atoms with van der Waals surface area (Å²) in [6, 6.07) is 9.85. The second kappa shape index (κ2) is 9.37. The van der Waals surface area contributed by atoms with Gasteiger partial charge in [0.2, 0.25) is 0 Å². The highest BCUT2D eigenvalue weighted by Crippen LogP contribution is 2.43. The van der Waals surface area contributed by atoms with Gasteiger partial charge in [-0.3, -0.25) is 4.98 Å². The van der Waals surface area contributed by atoms with Crippen molar-refractivity contribution in [3.8, 4) is 11.5 Å². The van der Waals surface area contributed by atoms with Crippen LogP contribution in [0.5, 0.6) is 11.5 Å².